The molecule has 1 nitrogen and oxygen atoms in total. The Kier molecular flexibility index (Phi) is 3.60. The van der Waals surface area contributed by atoms with E-state index in [0.717, 1.165) is 10.9 Å². The summed E-state index contributed by atoms with van der Waals surface area (Å²) < 4.78 is 1.13. The number of nitrogens with one attached hydrogen (secondary N) is 1. The van der Waals surface area contributed by atoms with Crippen LogP contribution in [0.2, 0.25) is 0 Å². The normalized spacial score (nSPS) is 12.6. The molecule has 1 N–H and O–H groups in total. The molecular formula is C10H14BrN. The van der Waals surface area contributed by atoms with Crippen LogP contribution in [-0.2, 0) is 0 Å². The number of para-hydroxylation sites is 1. The Balaban J connectivity index is 2.69. The second-order valence-corrected chi connectivity index (χ2v) is 3.79. The average Bonchev–Trinajstić information content (AvgIpc) is 2.09. The molecule has 0 aliphatic rings. The van der Waals surface area contributed by atoms with Crippen molar-refractivity contribution in [3.8, 4) is 0 Å². The highest BCUT2D eigenvalue weighted by Gasteiger charge is 2.00. The van der Waals surface area contributed by atoms with E-state index in [-0.39, 0.29) is 0 Å². The van der Waals surface area contributed by atoms with E-state index in [2.05, 4.69) is 41.2 Å². The average molecular weight is 228 g/mol. The molecule has 66 valence electrons. The first-order valence-electron chi connectivity index (χ1n) is 4.25. The lowest BCUT2D eigenvalue weighted by Gasteiger charge is -2.13. The van der Waals surface area contributed by atoms with Gasteiger partial charge in [0.05, 0.1) is 0 Å². The summed E-state index contributed by atoms with van der Waals surface area (Å²) in [6.45, 7) is 4.36. The van der Waals surface area contributed by atoms with Crippen molar-refractivity contribution in [3.05, 3.63) is 28.7 Å². The van der Waals surface area contributed by atoms with Crippen molar-refractivity contribution < 1.29 is 0 Å². The van der Waals surface area contributed by atoms with Crippen LogP contribution in [-0.4, -0.2) is 6.04 Å². The van der Waals surface area contributed by atoms with Crippen LogP contribution in [0.25, 0.3) is 0 Å². The third kappa shape index (κ3) is 2.52. The van der Waals surface area contributed by atoms with Crippen molar-refractivity contribution in [3.63, 3.8) is 0 Å². The van der Waals surface area contributed by atoms with Crippen LogP contribution in [0, 0.1) is 0 Å². The number of benzene rings is 1. The second kappa shape index (κ2) is 4.51. The van der Waals surface area contributed by atoms with Gasteiger partial charge in [-0.05, 0) is 41.4 Å². The molecule has 0 saturated heterocycles. The fourth-order valence-corrected chi connectivity index (χ4v) is 1.35. The maximum atomic E-state index is 3.49. The Bertz CT molecular complexity index is 247. The minimum Gasteiger partial charge on any atom is -0.382 e. The maximum Gasteiger partial charge on any atom is 0.0486 e. The molecule has 0 bridgehead atoms. The first-order valence-corrected chi connectivity index (χ1v) is 5.04. The zero-order valence-corrected chi connectivity index (χ0v) is 9.06. The van der Waals surface area contributed by atoms with E-state index in [4.69, 9.17) is 0 Å². The molecule has 0 amide bonds. The third-order valence-corrected chi connectivity index (χ3v) is 2.58. The van der Waals surface area contributed by atoms with Gasteiger partial charge in [0, 0.05) is 16.2 Å². The summed E-state index contributed by atoms with van der Waals surface area (Å²) in [4.78, 5) is 0. The van der Waals surface area contributed by atoms with Gasteiger partial charge in [0.15, 0.2) is 0 Å². The summed E-state index contributed by atoms with van der Waals surface area (Å²) >= 11 is 3.49. The highest BCUT2D eigenvalue weighted by atomic mass is 79.9. The van der Waals surface area contributed by atoms with Gasteiger partial charge in [0.1, 0.15) is 0 Å². The van der Waals surface area contributed by atoms with Crippen molar-refractivity contribution in [1.82, 2.24) is 0 Å². The quantitative estimate of drug-likeness (QED) is 0.832. The number of anilines is 1. The van der Waals surface area contributed by atoms with E-state index in [1.807, 2.05) is 18.2 Å². The molecule has 2 heteroatoms. The minimum atomic E-state index is 0.531. The third-order valence-electron chi connectivity index (χ3n) is 1.89. The van der Waals surface area contributed by atoms with Crippen molar-refractivity contribution in [2.75, 3.05) is 5.32 Å². The summed E-state index contributed by atoms with van der Waals surface area (Å²) in [5, 5.41) is 3.41. The Hall–Kier alpha value is -0.500. The molecule has 0 spiro atoms. The molecule has 0 fully saturated rings. The molecule has 12 heavy (non-hydrogen) atoms. The zero-order valence-electron chi connectivity index (χ0n) is 7.47. The van der Waals surface area contributed by atoms with E-state index in [1.165, 1.54) is 5.69 Å². The number of hydrogen-bond acceptors (Lipinski definition) is 1. The molecule has 0 saturated carbocycles. The summed E-state index contributed by atoms with van der Waals surface area (Å²) in [5.41, 5.74) is 1.17. The van der Waals surface area contributed by atoms with Crippen LogP contribution in [0.3, 0.4) is 0 Å². The predicted octanol–water partition coefficient (Wildman–Crippen LogP) is 3.66. The number of hydrogen-bond donors (Lipinski definition) is 1. The summed E-state index contributed by atoms with van der Waals surface area (Å²) in [6, 6.07) is 8.71. The van der Waals surface area contributed by atoms with Crippen molar-refractivity contribution in [2.45, 2.75) is 26.3 Å². The fraction of sp³-hybridized carbons (Fsp3) is 0.400. The van der Waals surface area contributed by atoms with Crippen molar-refractivity contribution >= 4 is 21.6 Å². The van der Waals surface area contributed by atoms with Gasteiger partial charge in [-0.25, -0.2) is 0 Å². The lowest BCUT2D eigenvalue weighted by Crippen LogP contribution is -2.13. The van der Waals surface area contributed by atoms with Crippen LogP contribution < -0.4 is 5.32 Å². The van der Waals surface area contributed by atoms with Gasteiger partial charge in [-0.3, -0.25) is 0 Å². The molecule has 1 aromatic rings. The molecule has 0 aliphatic carbocycles. The molecule has 1 rings (SSSR count). The van der Waals surface area contributed by atoms with Gasteiger partial charge in [-0.15, -0.1) is 0 Å². The molecule has 1 aromatic carbocycles. The van der Waals surface area contributed by atoms with Crippen molar-refractivity contribution in [2.24, 2.45) is 0 Å². The Labute approximate surface area is 82.3 Å². The van der Waals surface area contributed by atoms with E-state index in [0.29, 0.717) is 6.04 Å². The molecule has 1 atom stereocenters. The summed E-state index contributed by atoms with van der Waals surface area (Å²) in [7, 11) is 0. The van der Waals surface area contributed by atoms with Gasteiger partial charge < -0.3 is 5.32 Å². The zero-order chi connectivity index (χ0) is 8.97. The molecule has 0 radical (unpaired) electrons. The van der Waals surface area contributed by atoms with Gasteiger partial charge in [0.25, 0.3) is 0 Å². The standard InChI is InChI=1S/C10H14BrN/c1-3-8(2)12-10-7-5-4-6-9(10)11/h4-8,12H,3H2,1-2H3/t8-/m0/s1. The second-order valence-electron chi connectivity index (χ2n) is 2.93. The first-order chi connectivity index (χ1) is 5.74. The van der Waals surface area contributed by atoms with E-state index in [1.54, 1.807) is 0 Å². The lowest BCUT2D eigenvalue weighted by atomic mass is 10.2. The topological polar surface area (TPSA) is 12.0 Å². The highest BCUT2D eigenvalue weighted by molar-refractivity contribution is 9.10. The van der Waals surface area contributed by atoms with Gasteiger partial charge in [0.2, 0.25) is 0 Å². The predicted molar refractivity (Wildman–Crippen MR) is 57.5 cm³/mol. The number of rotatable bonds is 3. The smallest absolute Gasteiger partial charge is 0.0486 e. The molecule has 0 unspecified atom stereocenters. The summed E-state index contributed by atoms with van der Waals surface area (Å²) in [6.07, 6.45) is 1.14. The van der Waals surface area contributed by atoms with Gasteiger partial charge in [-0.1, -0.05) is 19.1 Å². The summed E-state index contributed by atoms with van der Waals surface area (Å²) in [5.74, 6) is 0. The molecule has 0 aliphatic heterocycles. The van der Waals surface area contributed by atoms with Gasteiger partial charge >= 0.3 is 0 Å². The van der Waals surface area contributed by atoms with E-state index < -0.39 is 0 Å². The lowest BCUT2D eigenvalue weighted by molar-refractivity contribution is 0.763. The first kappa shape index (κ1) is 9.59. The fourth-order valence-electron chi connectivity index (χ4n) is 0.946. The Morgan fingerprint density at radius 1 is 1.42 bits per heavy atom. The van der Waals surface area contributed by atoms with Crippen LogP contribution in [0.5, 0.6) is 0 Å². The van der Waals surface area contributed by atoms with E-state index in [9.17, 15) is 0 Å². The van der Waals surface area contributed by atoms with Crippen molar-refractivity contribution in [1.29, 1.82) is 0 Å². The Morgan fingerprint density at radius 2 is 2.08 bits per heavy atom. The molecular weight excluding hydrogens is 214 g/mol. The Morgan fingerprint density at radius 3 is 2.67 bits per heavy atom. The van der Waals surface area contributed by atoms with Crippen LogP contribution in [0.4, 0.5) is 5.69 Å². The largest absolute Gasteiger partial charge is 0.382 e. The molecule has 0 aromatic heterocycles. The monoisotopic (exact) mass is 227 g/mol. The van der Waals surface area contributed by atoms with Crippen LogP contribution in [0.15, 0.2) is 28.7 Å². The highest BCUT2D eigenvalue weighted by Crippen LogP contribution is 2.22. The maximum absolute atomic E-state index is 3.49. The van der Waals surface area contributed by atoms with Gasteiger partial charge in [-0.2, -0.15) is 0 Å². The van der Waals surface area contributed by atoms with Crippen LogP contribution >= 0.6 is 15.9 Å². The van der Waals surface area contributed by atoms with Crippen LogP contribution in [0.1, 0.15) is 20.3 Å². The minimum absolute atomic E-state index is 0.531. The molecule has 0 heterocycles. The number of halogens is 1. The SMILES string of the molecule is CC[C@H](C)Nc1ccccc1Br. The van der Waals surface area contributed by atoms with E-state index >= 15 is 0 Å².